The molecule has 1 heterocycles. The van der Waals surface area contributed by atoms with Gasteiger partial charge in [0.05, 0.1) is 0 Å². The van der Waals surface area contributed by atoms with E-state index in [-0.39, 0.29) is 5.91 Å². The van der Waals surface area contributed by atoms with Crippen molar-refractivity contribution in [2.24, 2.45) is 0 Å². The molecular weight excluding hydrogens is 216 g/mol. The quantitative estimate of drug-likeness (QED) is 0.752. The van der Waals surface area contributed by atoms with Crippen molar-refractivity contribution in [3.8, 4) is 0 Å². The second kappa shape index (κ2) is 6.62. The molecular formula is C12H18N4O. The average molecular weight is 234 g/mol. The normalized spacial score (nSPS) is 9.76. The maximum Gasteiger partial charge on any atom is 0.270 e. The number of anilines is 1. The number of hydrogen-bond acceptors (Lipinski definition) is 4. The Hall–Kier alpha value is -1.91. The fraction of sp³-hybridized carbons (Fsp3) is 0.417. The zero-order valence-corrected chi connectivity index (χ0v) is 10.3. The van der Waals surface area contributed by atoms with Crippen LogP contribution in [0.25, 0.3) is 0 Å². The molecule has 1 amide bonds. The highest BCUT2D eigenvalue weighted by Crippen LogP contribution is 2.10. The van der Waals surface area contributed by atoms with Gasteiger partial charge in [0.2, 0.25) is 0 Å². The lowest BCUT2D eigenvalue weighted by atomic mass is 10.3. The largest absolute Gasteiger partial charge is 0.357 e. The number of rotatable bonds is 6. The second-order valence-electron chi connectivity index (χ2n) is 3.43. The molecule has 0 bridgehead atoms. The Morgan fingerprint density at radius 1 is 1.47 bits per heavy atom. The van der Waals surface area contributed by atoms with Crippen LogP contribution in [0.15, 0.2) is 25.0 Å². The minimum atomic E-state index is -0.208. The van der Waals surface area contributed by atoms with Crippen molar-refractivity contribution in [1.29, 1.82) is 0 Å². The zero-order valence-electron chi connectivity index (χ0n) is 10.3. The predicted octanol–water partition coefficient (Wildman–Crippen LogP) is 1.24. The smallest absolute Gasteiger partial charge is 0.270 e. The van der Waals surface area contributed by atoms with Crippen molar-refractivity contribution in [3.63, 3.8) is 0 Å². The number of carbonyl (C=O) groups is 1. The molecule has 92 valence electrons. The standard InChI is InChI=1S/C12H18N4O/c1-4-7-13-12(17)10-8-11(15-9-14-10)16(5-2)6-3/h4,8-9H,1,5-7H2,2-3H3,(H,13,17). The summed E-state index contributed by atoms with van der Waals surface area (Å²) in [5.41, 5.74) is 0.378. The van der Waals surface area contributed by atoms with Crippen molar-refractivity contribution < 1.29 is 4.79 Å². The first kappa shape index (κ1) is 13.2. The number of aromatic nitrogens is 2. The summed E-state index contributed by atoms with van der Waals surface area (Å²) in [5.74, 6) is 0.564. The van der Waals surface area contributed by atoms with E-state index in [4.69, 9.17) is 0 Å². The Balaban J connectivity index is 2.84. The fourth-order valence-corrected chi connectivity index (χ4v) is 1.45. The summed E-state index contributed by atoms with van der Waals surface area (Å²) in [7, 11) is 0. The van der Waals surface area contributed by atoms with Crippen LogP contribution in [-0.4, -0.2) is 35.5 Å². The van der Waals surface area contributed by atoms with E-state index >= 15 is 0 Å². The number of nitrogens with zero attached hydrogens (tertiary/aromatic N) is 3. The van der Waals surface area contributed by atoms with Crippen LogP contribution < -0.4 is 10.2 Å². The van der Waals surface area contributed by atoms with Gasteiger partial charge in [0.15, 0.2) is 0 Å². The van der Waals surface area contributed by atoms with Gasteiger partial charge in [-0.15, -0.1) is 6.58 Å². The maximum atomic E-state index is 11.7. The molecule has 0 aliphatic carbocycles. The van der Waals surface area contributed by atoms with Gasteiger partial charge in [-0.3, -0.25) is 4.79 Å². The molecule has 0 radical (unpaired) electrons. The van der Waals surface area contributed by atoms with Gasteiger partial charge in [-0.1, -0.05) is 6.08 Å². The Labute approximate surface area is 102 Å². The number of hydrogen-bond donors (Lipinski definition) is 1. The van der Waals surface area contributed by atoms with E-state index in [0.29, 0.717) is 12.2 Å². The van der Waals surface area contributed by atoms with Gasteiger partial charge in [-0.05, 0) is 13.8 Å². The highest BCUT2D eigenvalue weighted by Gasteiger charge is 2.10. The Morgan fingerprint density at radius 2 is 2.18 bits per heavy atom. The van der Waals surface area contributed by atoms with Crippen LogP contribution in [0.3, 0.4) is 0 Å². The molecule has 0 spiro atoms. The molecule has 0 saturated heterocycles. The van der Waals surface area contributed by atoms with Crippen LogP contribution in [0, 0.1) is 0 Å². The van der Waals surface area contributed by atoms with Crippen LogP contribution in [0.2, 0.25) is 0 Å². The number of carbonyl (C=O) groups excluding carboxylic acids is 1. The van der Waals surface area contributed by atoms with Crippen molar-refractivity contribution in [1.82, 2.24) is 15.3 Å². The molecule has 1 aromatic heterocycles. The summed E-state index contributed by atoms with van der Waals surface area (Å²) >= 11 is 0. The predicted molar refractivity (Wildman–Crippen MR) is 68.1 cm³/mol. The third-order valence-corrected chi connectivity index (χ3v) is 2.38. The van der Waals surface area contributed by atoms with Crippen molar-refractivity contribution in [2.75, 3.05) is 24.5 Å². The number of amides is 1. The highest BCUT2D eigenvalue weighted by atomic mass is 16.1. The Morgan fingerprint density at radius 3 is 2.76 bits per heavy atom. The molecule has 0 unspecified atom stereocenters. The van der Waals surface area contributed by atoms with Crippen LogP contribution in [0.1, 0.15) is 24.3 Å². The van der Waals surface area contributed by atoms with E-state index in [0.717, 1.165) is 18.9 Å². The molecule has 5 heteroatoms. The Bertz CT molecular complexity index is 388. The summed E-state index contributed by atoms with van der Waals surface area (Å²) in [6, 6.07) is 1.70. The topological polar surface area (TPSA) is 58.1 Å². The Kier molecular flexibility index (Phi) is 5.13. The monoisotopic (exact) mass is 234 g/mol. The molecule has 1 rings (SSSR count). The van der Waals surface area contributed by atoms with E-state index in [1.807, 2.05) is 13.8 Å². The average Bonchev–Trinajstić information content (AvgIpc) is 2.38. The van der Waals surface area contributed by atoms with Gasteiger partial charge >= 0.3 is 0 Å². The van der Waals surface area contributed by atoms with Crippen LogP contribution in [0.4, 0.5) is 5.82 Å². The molecule has 0 aliphatic heterocycles. The molecule has 17 heavy (non-hydrogen) atoms. The minimum Gasteiger partial charge on any atom is -0.357 e. The zero-order chi connectivity index (χ0) is 12.7. The maximum absolute atomic E-state index is 11.7. The van der Waals surface area contributed by atoms with E-state index in [1.54, 1.807) is 12.1 Å². The summed E-state index contributed by atoms with van der Waals surface area (Å²) in [6.45, 7) is 9.76. The first-order valence-electron chi connectivity index (χ1n) is 5.69. The summed E-state index contributed by atoms with van der Waals surface area (Å²) < 4.78 is 0. The molecule has 5 nitrogen and oxygen atoms in total. The van der Waals surface area contributed by atoms with E-state index in [1.165, 1.54) is 6.33 Å². The molecule has 1 aromatic rings. The van der Waals surface area contributed by atoms with Gasteiger partial charge in [0, 0.05) is 25.7 Å². The number of nitrogens with one attached hydrogen (secondary N) is 1. The van der Waals surface area contributed by atoms with Crippen LogP contribution in [0.5, 0.6) is 0 Å². The van der Waals surface area contributed by atoms with E-state index < -0.39 is 0 Å². The lowest BCUT2D eigenvalue weighted by Crippen LogP contribution is -2.26. The lowest BCUT2D eigenvalue weighted by molar-refractivity contribution is 0.0953. The second-order valence-corrected chi connectivity index (χ2v) is 3.43. The van der Waals surface area contributed by atoms with Gasteiger partial charge in [-0.25, -0.2) is 9.97 Å². The highest BCUT2D eigenvalue weighted by molar-refractivity contribution is 5.92. The van der Waals surface area contributed by atoms with E-state index in [9.17, 15) is 4.79 Å². The van der Waals surface area contributed by atoms with Crippen molar-refractivity contribution in [3.05, 3.63) is 30.7 Å². The molecule has 0 atom stereocenters. The minimum absolute atomic E-state index is 0.208. The van der Waals surface area contributed by atoms with Crippen LogP contribution in [-0.2, 0) is 0 Å². The molecule has 0 saturated carbocycles. The third-order valence-electron chi connectivity index (χ3n) is 2.38. The SMILES string of the molecule is C=CCNC(=O)c1cc(N(CC)CC)ncn1. The summed E-state index contributed by atoms with van der Waals surface area (Å²) in [5, 5.41) is 2.69. The van der Waals surface area contributed by atoms with Gasteiger partial charge < -0.3 is 10.2 Å². The van der Waals surface area contributed by atoms with Gasteiger partial charge in [0.1, 0.15) is 17.8 Å². The fourth-order valence-electron chi connectivity index (χ4n) is 1.45. The molecule has 0 aliphatic rings. The van der Waals surface area contributed by atoms with Gasteiger partial charge in [0.25, 0.3) is 5.91 Å². The van der Waals surface area contributed by atoms with Crippen molar-refractivity contribution >= 4 is 11.7 Å². The summed E-state index contributed by atoms with van der Waals surface area (Å²) in [6.07, 6.45) is 3.04. The third kappa shape index (κ3) is 3.55. The molecule has 1 N–H and O–H groups in total. The lowest BCUT2D eigenvalue weighted by Gasteiger charge is -2.19. The summed E-state index contributed by atoms with van der Waals surface area (Å²) in [4.78, 5) is 21.9. The van der Waals surface area contributed by atoms with Crippen molar-refractivity contribution in [2.45, 2.75) is 13.8 Å². The van der Waals surface area contributed by atoms with E-state index in [2.05, 4.69) is 26.8 Å². The van der Waals surface area contributed by atoms with Crippen LogP contribution >= 0.6 is 0 Å². The molecule has 0 fully saturated rings. The molecule has 0 aromatic carbocycles. The first-order valence-corrected chi connectivity index (χ1v) is 5.69. The first-order chi connectivity index (χ1) is 8.22. The van der Waals surface area contributed by atoms with Gasteiger partial charge in [-0.2, -0.15) is 0 Å².